The summed E-state index contributed by atoms with van der Waals surface area (Å²) in [5.74, 6) is -0.716. The molecule has 2 aromatic carbocycles. The summed E-state index contributed by atoms with van der Waals surface area (Å²) in [6.45, 7) is 4.48. The number of amides is 1. The van der Waals surface area contributed by atoms with Crippen LogP contribution in [-0.2, 0) is 14.8 Å². The zero-order chi connectivity index (χ0) is 23.1. The van der Waals surface area contributed by atoms with Crippen molar-refractivity contribution < 1.29 is 17.6 Å². The van der Waals surface area contributed by atoms with E-state index in [-0.39, 0.29) is 23.2 Å². The Labute approximate surface area is 186 Å². The van der Waals surface area contributed by atoms with Crippen molar-refractivity contribution in [2.24, 2.45) is 15.2 Å². The third-order valence-corrected chi connectivity index (χ3v) is 7.01. The first-order chi connectivity index (χ1) is 15.1. The predicted molar refractivity (Wildman–Crippen MR) is 118 cm³/mol. The normalized spacial score (nSPS) is 17.6. The van der Waals surface area contributed by atoms with Crippen LogP contribution in [0.25, 0.3) is 0 Å². The first-order valence-electron chi connectivity index (χ1n) is 10.2. The van der Waals surface area contributed by atoms with Crippen molar-refractivity contribution in [1.29, 1.82) is 5.26 Å². The van der Waals surface area contributed by atoms with Crippen LogP contribution >= 0.6 is 0 Å². The van der Waals surface area contributed by atoms with E-state index >= 15 is 0 Å². The maximum atomic E-state index is 13.7. The molecule has 2 aliphatic rings. The Balaban J connectivity index is 1.65. The summed E-state index contributed by atoms with van der Waals surface area (Å²) in [4.78, 5) is 14.0. The summed E-state index contributed by atoms with van der Waals surface area (Å²) >= 11 is 0. The summed E-state index contributed by atoms with van der Waals surface area (Å²) < 4.78 is 42.9. The molecule has 0 aromatic heterocycles. The number of halogens is 1. The molecule has 166 valence electrons. The standard InChI is InChI=1S/C23H23FN4O3S/c1-22(2,14-26-21(29)23(13-25)10-11-23)15-28(17-6-4-3-5-7-17)20-18-9-8-16(24)12-19(18)32(30,31)27-20/h3-9,12H,10-11,14-15H2,1-2H3,(H,26,29). The maximum Gasteiger partial charge on any atom is 0.285 e. The minimum atomic E-state index is -4.03. The van der Waals surface area contributed by atoms with Gasteiger partial charge in [-0.05, 0) is 43.2 Å². The molecule has 1 fully saturated rings. The number of hydrogen-bond donors (Lipinski definition) is 1. The number of hydrogen-bond acceptors (Lipinski definition) is 5. The average molecular weight is 455 g/mol. The molecule has 0 saturated heterocycles. The summed E-state index contributed by atoms with van der Waals surface area (Å²) in [7, 11) is -4.03. The molecular formula is C23H23FN4O3S. The SMILES string of the molecule is CC(C)(CNC(=O)C1(C#N)CC1)CN(C1=NS(=O)(=O)c2cc(F)ccc21)c1ccccc1. The Hall–Kier alpha value is -3.25. The quantitative estimate of drug-likeness (QED) is 0.722. The number of anilines is 1. The third kappa shape index (κ3) is 4.10. The van der Waals surface area contributed by atoms with Crippen molar-refractivity contribution in [2.45, 2.75) is 31.6 Å². The number of benzene rings is 2. The van der Waals surface area contributed by atoms with Gasteiger partial charge in [-0.15, -0.1) is 4.40 Å². The first-order valence-corrected chi connectivity index (χ1v) is 11.7. The highest BCUT2D eigenvalue weighted by Gasteiger charge is 2.50. The molecule has 1 saturated carbocycles. The molecule has 1 amide bonds. The highest BCUT2D eigenvalue weighted by molar-refractivity contribution is 7.90. The molecule has 4 rings (SSSR count). The van der Waals surface area contributed by atoms with Crippen LogP contribution in [-0.4, -0.2) is 33.3 Å². The van der Waals surface area contributed by atoms with E-state index in [4.69, 9.17) is 0 Å². The Kier molecular flexibility index (Phi) is 5.29. The summed E-state index contributed by atoms with van der Waals surface area (Å²) in [5, 5.41) is 12.1. The van der Waals surface area contributed by atoms with Gasteiger partial charge in [-0.3, -0.25) is 4.79 Å². The van der Waals surface area contributed by atoms with Gasteiger partial charge < -0.3 is 10.2 Å². The number of carbonyl (C=O) groups excluding carboxylic acids is 1. The van der Waals surface area contributed by atoms with Crippen molar-refractivity contribution in [3.63, 3.8) is 0 Å². The number of sulfonamides is 1. The largest absolute Gasteiger partial charge is 0.354 e. The second kappa shape index (κ2) is 7.71. The molecule has 9 heteroatoms. The van der Waals surface area contributed by atoms with Gasteiger partial charge in [0.15, 0.2) is 5.84 Å². The Morgan fingerprint density at radius 3 is 2.56 bits per heavy atom. The lowest BCUT2D eigenvalue weighted by Gasteiger charge is -2.34. The second-order valence-corrected chi connectivity index (χ2v) is 10.6. The molecular weight excluding hydrogens is 431 g/mol. The molecule has 1 aliphatic carbocycles. The fourth-order valence-electron chi connectivity index (χ4n) is 3.68. The molecule has 7 nitrogen and oxygen atoms in total. The number of rotatable bonds is 6. The Bertz CT molecular complexity index is 1250. The van der Waals surface area contributed by atoms with Gasteiger partial charge in [-0.2, -0.15) is 13.7 Å². The predicted octanol–water partition coefficient (Wildman–Crippen LogP) is 3.23. The Morgan fingerprint density at radius 2 is 1.94 bits per heavy atom. The van der Waals surface area contributed by atoms with Gasteiger partial charge in [-0.1, -0.05) is 32.0 Å². The van der Waals surface area contributed by atoms with Crippen molar-refractivity contribution in [2.75, 3.05) is 18.0 Å². The molecule has 0 bridgehead atoms. The maximum absolute atomic E-state index is 13.7. The molecule has 2 aromatic rings. The van der Waals surface area contributed by atoms with Crippen LogP contribution in [0.3, 0.4) is 0 Å². The van der Waals surface area contributed by atoms with E-state index in [1.54, 1.807) is 4.90 Å². The monoisotopic (exact) mass is 454 g/mol. The van der Waals surface area contributed by atoms with Gasteiger partial charge >= 0.3 is 0 Å². The Morgan fingerprint density at radius 1 is 1.25 bits per heavy atom. The zero-order valence-corrected chi connectivity index (χ0v) is 18.6. The van der Waals surface area contributed by atoms with Crippen molar-refractivity contribution in [1.82, 2.24) is 5.32 Å². The molecule has 1 heterocycles. The fourth-order valence-corrected chi connectivity index (χ4v) is 4.91. The third-order valence-electron chi connectivity index (χ3n) is 5.70. The molecule has 1 aliphatic heterocycles. The van der Waals surface area contributed by atoms with Crippen molar-refractivity contribution >= 4 is 27.5 Å². The fraction of sp³-hybridized carbons (Fsp3) is 0.348. The summed E-state index contributed by atoms with van der Waals surface area (Å²) in [6.07, 6.45) is 1.13. The molecule has 0 radical (unpaired) electrons. The number of fused-ring (bicyclic) bond motifs is 1. The van der Waals surface area contributed by atoms with Crippen LogP contribution in [0.1, 0.15) is 32.3 Å². The van der Waals surface area contributed by atoms with E-state index in [0.717, 1.165) is 6.07 Å². The average Bonchev–Trinajstić information content (AvgIpc) is 3.52. The van der Waals surface area contributed by atoms with Gasteiger partial charge in [0.1, 0.15) is 16.1 Å². The van der Waals surface area contributed by atoms with Crippen LogP contribution in [0.5, 0.6) is 0 Å². The number of nitriles is 1. The van der Waals surface area contributed by atoms with Crippen molar-refractivity contribution in [3.8, 4) is 6.07 Å². The van der Waals surface area contributed by atoms with E-state index in [1.807, 2.05) is 44.2 Å². The number of nitrogens with one attached hydrogen (secondary N) is 1. The van der Waals surface area contributed by atoms with Crippen LogP contribution in [0, 0.1) is 28.0 Å². The highest BCUT2D eigenvalue weighted by atomic mass is 32.2. The minimum Gasteiger partial charge on any atom is -0.354 e. The lowest BCUT2D eigenvalue weighted by molar-refractivity contribution is -0.124. The topological polar surface area (TPSA) is 103 Å². The zero-order valence-electron chi connectivity index (χ0n) is 17.8. The number of carbonyl (C=O) groups is 1. The van der Waals surface area contributed by atoms with E-state index in [2.05, 4.69) is 15.8 Å². The molecule has 1 N–H and O–H groups in total. The van der Waals surface area contributed by atoms with E-state index in [9.17, 15) is 22.9 Å². The van der Waals surface area contributed by atoms with Crippen LogP contribution in [0.15, 0.2) is 57.8 Å². The summed E-state index contributed by atoms with van der Waals surface area (Å²) in [5.41, 5.74) is -0.376. The molecule has 32 heavy (non-hydrogen) atoms. The number of para-hydroxylation sites is 1. The van der Waals surface area contributed by atoms with Gasteiger partial charge in [0.25, 0.3) is 10.0 Å². The number of amidine groups is 1. The first kappa shape index (κ1) is 22.0. The summed E-state index contributed by atoms with van der Waals surface area (Å²) in [6, 6.07) is 14.9. The molecule has 0 unspecified atom stereocenters. The number of nitrogens with zero attached hydrogens (tertiary/aromatic N) is 3. The molecule has 0 spiro atoms. The van der Waals surface area contributed by atoms with Gasteiger partial charge in [-0.25, -0.2) is 4.39 Å². The van der Waals surface area contributed by atoms with Crippen molar-refractivity contribution in [3.05, 3.63) is 59.9 Å². The van der Waals surface area contributed by atoms with Gasteiger partial charge in [0.05, 0.1) is 6.07 Å². The molecule has 0 atom stereocenters. The lowest BCUT2D eigenvalue weighted by atomic mass is 9.91. The van der Waals surface area contributed by atoms with Gasteiger partial charge in [0.2, 0.25) is 5.91 Å². The van der Waals surface area contributed by atoms with E-state index in [1.165, 1.54) is 12.1 Å². The highest BCUT2D eigenvalue weighted by Crippen LogP contribution is 2.45. The van der Waals surface area contributed by atoms with Gasteiger partial charge in [0, 0.05) is 29.8 Å². The smallest absolute Gasteiger partial charge is 0.285 e. The van der Waals surface area contributed by atoms with Crippen LogP contribution in [0.2, 0.25) is 0 Å². The minimum absolute atomic E-state index is 0.163. The lowest BCUT2D eigenvalue weighted by Crippen LogP contribution is -2.46. The van der Waals surface area contributed by atoms with E-state index in [0.29, 0.717) is 30.6 Å². The van der Waals surface area contributed by atoms with Crippen LogP contribution < -0.4 is 10.2 Å². The second-order valence-electron chi connectivity index (χ2n) is 8.99. The van der Waals surface area contributed by atoms with Crippen LogP contribution in [0.4, 0.5) is 10.1 Å². The van der Waals surface area contributed by atoms with E-state index < -0.39 is 26.7 Å².